The summed E-state index contributed by atoms with van der Waals surface area (Å²) in [4.78, 5) is 161. The van der Waals surface area contributed by atoms with Gasteiger partial charge in [-0.25, -0.2) is 33.9 Å². The fourth-order valence-corrected chi connectivity index (χ4v) is 10.8. The third-order valence-corrected chi connectivity index (χ3v) is 19.3. The van der Waals surface area contributed by atoms with Crippen LogP contribution in [0.5, 0.6) is 0 Å². The molecule has 10 aromatic carbocycles. The van der Waals surface area contributed by atoms with Crippen molar-refractivity contribution in [2.45, 2.75) is 127 Å². The van der Waals surface area contributed by atoms with Gasteiger partial charge in [0.05, 0.1) is 73.7 Å². The molecule has 14 N–H and O–H groups in total. The summed E-state index contributed by atoms with van der Waals surface area (Å²) in [6.45, 7) is 20.4. The minimum atomic E-state index is -1.44. The molecule has 0 radical (unpaired) electrons. The largest absolute Gasteiger partial charge is 0.478 e. The van der Waals surface area contributed by atoms with Crippen LogP contribution in [-0.4, -0.2) is 194 Å². The third kappa shape index (κ3) is 52.4. The first-order chi connectivity index (χ1) is 69.9. The number of anilines is 2. The summed E-state index contributed by atoms with van der Waals surface area (Å²) in [5.41, 5.74) is 30.0. The normalized spacial score (nSPS) is 10.8. The summed E-state index contributed by atoms with van der Waals surface area (Å²) in [6.07, 6.45) is 1.39. The Bertz CT molecular complexity index is 5490. The number of aliphatic hydroxyl groups excluding tert-OH is 6. The van der Waals surface area contributed by atoms with Crippen molar-refractivity contribution in [1.29, 1.82) is 0 Å². The quantitative estimate of drug-likeness (QED) is 0.00379. The van der Waals surface area contributed by atoms with Gasteiger partial charge >= 0.3 is 29.8 Å². The molecule has 0 aliphatic rings. The number of nitrogen functional groups attached to an aromatic ring is 2. The number of carbonyl (C=O) groups is 14. The van der Waals surface area contributed by atoms with Crippen molar-refractivity contribution in [3.63, 3.8) is 0 Å². The number of carboxylic acids is 1. The molecule has 0 saturated carbocycles. The highest BCUT2D eigenvalue weighted by Crippen LogP contribution is 2.23. The molecule has 2 aromatic heterocycles. The van der Waals surface area contributed by atoms with Crippen LogP contribution in [0.4, 0.5) is 11.4 Å². The van der Waals surface area contributed by atoms with Crippen LogP contribution in [0.15, 0.2) is 273 Å². The number of benzene rings is 10. The van der Waals surface area contributed by atoms with Gasteiger partial charge in [-0.15, -0.1) is 0 Å². The number of carbonyl (C=O) groups excluding carboxylic acids is 13. The SMILES string of the molecule is CC(=O)c1ccc(C(=O)Cl)cc1.CC(=O)c1ccc(C(=O)O)cc1.CC(=O)c1ccc(C=O)cc1.CC(=O)c1ccc(C=O)nc1.CC(=O)c1cnc(C=O)cn1.CC(O)c1ccc(C(O)O)cc1.CCOC(=O)c1ccc(C(=O)OCC)cc1.CCOC(O)c1ccc(C(O)OCC)cc1.CCc1ccc(CN)cc1.COC(=O)c1ccc(C(=O)OC)cc1.COC(O)c1ccc(C(O)OC)cc1.Nc1ccc(N)cc1. The zero-order valence-electron chi connectivity index (χ0n) is 83.9. The first-order valence-electron chi connectivity index (χ1n) is 44.8. The molecule has 0 aliphatic heterocycles. The maximum Gasteiger partial charge on any atom is 0.338 e. The number of ketones is 5. The van der Waals surface area contributed by atoms with E-state index >= 15 is 0 Å². The fourth-order valence-electron chi connectivity index (χ4n) is 10.7. The molecule has 0 fully saturated rings. The molecule has 12 aromatic rings. The number of nitrogens with zero attached hydrogens (tertiary/aromatic N) is 3. The van der Waals surface area contributed by atoms with Crippen LogP contribution in [0.25, 0.3) is 0 Å². The van der Waals surface area contributed by atoms with E-state index in [-0.39, 0.29) is 45.9 Å². The second-order valence-corrected chi connectivity index (χ2v) is 30.1. The van der Waals surface area contributed by atoms with E-state index in [4.69, 9.17) is 77.6 Å². The highest BCUT2D eigenvalue weighted by molar-refractivity contribution is 6.67. The van der Waals surface area contributed by atoms with E-state index < -0.39 is 72.6 Å². The van der Waals surface area contributed by atoms with Crippen LogP contribution in [0.3, 0.4) is 0 Å². The predicted molar refractivity (Wildman–Crippen MR) is 550 cm³/mol. The second kappa shape index (κ2) is 73.3. The summed E-state index contributed by atoms with van der Waals surface area (Å²) in [7, 11) is 5.44. The zero-order chi connectivity index (χ0) is 111. The van der Waals surface area contributed by atoms with Crippen LogP contribution in [0.1, 0.15) is 304 Å². The molecule has 5 unspecified atom stereocenters. The number of pyridine rings is 1. The zero-order valence-corrected chi connectivity index (χ0v) is 84.7. The van der Waals surface area contributed by atoms with Crippen molar-refractivity contribution in [3.8, 4) is 0 Å². The lowest BCUT2D eigenvalue weighted by Crippen LogP contribution is -2.07. The molecular weight excluding hydrogens is 1920 g/mol. The van der Waals surface area contributed by atoms with Gasteiger partial charge in [0.2, 0.25) is 0 Å². The lowest BCUT2D eigenvalue weighted by molar-refractivity contribution is -0.100. The fraction of sp³-hybridized carbons (Fsp3) is 0.245. The van der Waals surface area contributed by atoms with Crippen LogP contribution in [-0.2, 0) is 50.9 Å². The van der Waals surface area contributed by atoms with E-state index in [9.17, 15) is 87.5 Å². The number of aryl methyl sites for hydroxylation is 1. The van der Waals surface area contributed by atoms with Crippen molar-refractivity contribution in [3.05, 3.63) is 396 Å². The van der Waals surface area contributed by atoms with E-state index in [1.807, 2.05) is 13.8 Å². The van der Waals surface area contributed by atoms with Gasteiger partial charge in [-0.3, -0.25) is 48.1 Å². The number of esters is 4. The molecule has 0 amide bonds. The standard InChI is InChI=1S/C12H18O4.C12H14O4.C10H14O4.C10H10O4.C9H7ClO2.C9H13N.C9H12O3.C9H8O3.C9H8O2.C8H7NO2.C7H6N2O2.C6H8N2/c2*1-3-15-11(13)9-5-7-10(8-6-9)12(14)16-4-2;2*1-13-9(11)7-3-5-8(6-4-7)10(12)14-2;1-6(11)7-2-4-8(5-3-7)9(10)12;1-2-8-3-5-9(7-10)6-4-8;2*1-6(10)7-2-4-8(5-3-7)9(11)12;1-7(11)9-4-2-8(6-10)3-5-9;1-6(11)7-2-3-8(5-10)9-4-7;1-5(11)7-3-8-6(4-10)2-9-7;7-5-1-2-6(8)4-3-5/h5-8,11-14H,3-4H2,1-2H3;5-8H,3-4H2,1-2H3;3-6,9-12H,1-2H3;3-6H,1-2H3;2-5H,1H3;3-6H,2,7,10H2,1H3;2-6,9-12H,1H3;2-5H,1H3,(H,11,12);2-6H,1H3;2-5H,1H3;2-4H,1H3;1-4H,7-8H2. The number of aliphatic hydroxyl groups is 7. The highest BCUT2D eigenvalue weighted by atomic mass is 35.5. The molecule has 0 spiro atoms. The second-order valence-electron chi connectivity index (χ2n) is 29.7. The van der Waals surface area contributed by atoms with Crippen molar-refractivity contribution in [2.75, 3.05) is 66.3 Å². The maximum atomic E-state index is 11.3. The van der Waals surface area contributed by atoms with Gasteiger partial charge in [-0.2, -0.15) is 0 Å². The number of aromatic nitrogens is 3. The van der Waals surface area contributed by atoms with E-state index in [2.05, 4.69) is 55.6 Å². The molecule has 12 rings (SSSR count). The average Bonchev–Trinajstić information content (AvgIpc) is 0.856. The van der Waals surface area contributed by atoms with E-state index in [1.54, 1.807) is 185 Å². The van der Waals surface area contributed by atoms with E-state index in [0.29, 0.717) is 135 Å². The minimum Gasteiger partial charge on any atom is -0.478 e. The monoisotopic (exact) mass is 2040 g/mol. The number of nitrogens with two attached hydrogens (primary N) is 3. The van der Waals surface area contributed by atoms with Crippen molar-refractivity contribution in [2.24, 2.45) is 5.73 Å². The number of carboxylic acid groups (broad SMARTS) is 1. The van der Waals surface area contributed by atoms with Crippen molar-refractivity contribution in [1.82, 2.24) is 15.0 Å². The Hall–Kier alpha value is -15.8. The number of ether oxygens (including phenoxy) is 8. The Balaban J connectivity index is 0.000000805. The van der Waals surface area contributed by atoms with Gasteiger partial charge in [0.25, 0.3) is 5.24 Å². The number of hydrogen-bond acceptors (Lipinski definition) is 35. The summed E-state index contributed by atoms with van der Waals surface area (Å²) in [5.74, 6) is -2.90. The Labute approximate surface area is 857 Å². The molecule has 37 heteroatoms. The molecule has 0 saturated heterocycles. The average molecular weight is 2050 g/mol. The lowest BCUT2D eigenvalue weighted by Gasteiger charge is -2.13. The number of Topliss-reactive ketones (excluding diaryl/α,β-unsaturated/α-hetero) is 5. The molecular formula is C110H125ClN6O30. The number of rotatable bonds is 30. The molecule has 36 nitrogen and oxygen atoms in total. The maximum absolute atomic E-state index is 11.3. The molecule has 147 heavy (non-hydrogen) atoms. The summed E-state index contributed by atoms with van der Waals surface area (Å²) in [5, 5.41) is 72.3. The molecule has 2 heterocycles. The topological polar surface area (TPSA) is 591 Å². The summed E-state index contributed by atoms with van der Waals surface area (Å²) >= 11 is 5.21. The number of halogens is 1. The highest BCUT2D eigenvalue weighted by Gasteiger charge is 2.16. The summed E-state index contributed by atoms with van der Waals surface area (Å²) < 4.78 is 38.2. The molecule has 0 bridgehead atoms. The van der Waals surface area contributed by atoms with E-state index in [1.165, 1.54) is 160 Å². The van der Waals surface area contributed by atoms with Crippen LogP contribution < -0.4 is 17.2 Å². The first-order valence-corrected chi connectivity index (χ1v) is 45.2. The Kier molecular flexibility index (Phi) is 64.4. The molecule has 0 aliphatic carbocycles. The lowest BCUT2D eigenvalue weighted by atomic mass is 10.1. The number of aromatic carboxylic acids is 1. The Morgan fingerprint density at radius 2 is 0.646 bits per heavy atom. The molecule has 782 valence electrons. The van der Waals surface area contributed by atoms with Gasteiger partial charge in [0.15, 0.2) is 72.9 Å². The third-order valence-electron chi connectivity index (χ3n) is 19.0. The Morgan fingerprint density at radius 1 is 0.333 bits per heavy atom. The van der Waals surface area contributed by atoms with Gasteiger partial charge in [0, 0.05) is 120 Å². The molecule has 5 atom stereocenters. The van der Waals surface area contributed by atoms with Gasteiger partial charge < -0.3 is 95.9 Å². The van der Waals surface area contributed by atoms with Crippen LogP contribution in [0.2, 0.25) is 0 Å². The van der Waals surface area contributed by atoms with Crippen LogP contribution >= 0.6 is 11.6 Å². The Morgan fingerprint density at radius 3 is 0.912 bits per heavy atom. The smallest absolute Gasteiger partial charge is 0.338 e. The number of methoxy groups -OCH3 is 4. The minimum absolute atomic E-state index is 0.0162. The predicted octanol–water partition coefficient (Wildman–Crippen LogP) is 16.4. The van der Waals surface area contributed by atoms with Crippen LogP contribution in [0, 0.1) is 0 Å². The van der Waals surface area contributed by atoms with Crippen molar-refractivity contribution >= 4 is 106 Å². The van der Waals surface area contributed by atoms with E-state index in [0.717, 1.165) is 29.6 Å². The van der Waals surface area contributed by atoms with Gasteiger partial charge in [-0.05, 0) is 206 Å². The first kappa shape index (κ1) is 129. The van der Waals surface area contributed by atoms with Gasteiger partial charge in [0.1, 0.15) is 23.4 Å². The van der Waals surface area contributed by atoms with Crippen molar-refractivity contribution < 1.29 is 146 Å². The van der Waals surface area contributed by atoms with Gasteiger partial charge in [-0.1, -0.05) is 153 Å². The summed E-state index contributed by atoms with van der Waals surface area (Å²) in [6, 6.07) is 69.5. The number of aldehydes is 3. The number of hydrogen-bond donors (Lipinski definition) is 11.